The van der Waals surface area contributed by atoms with E-state index in [9.17, 15) is 4.79 Å². The maximum absolute atomic E-state index is 12.3. The second-order valence-electron chi connectivity index (χ2n) is 4.99. The van der Waals surface area contributed by atoms with E-state index in [2.05, 4.69) is 13.8 Å². The van der Waals surface area contributed by atoms with E-state index in [-0.39, 0.29) is 5.91 Å². The molecule has 0 N–H and O–H groups in total. The number of amides is 1. The molecular formula is C16H25NO. The van der Waals surface area contributed by atoms with Gasteiger partial charge >= 0.3 is 0 Å². The molecule has 0 radical (unpaired) electrons. The predicted molar refractivity (Wildman–Crippen MR) is 76.9 cm³/mol. The largest absolute Gasteiger partial charge is 0.339 e. The lowest BCUT2D eigenvalue weighted by atomic mass is 10.0. The third-order valence-electron chi connectivity index (χ3n) is 3.53. The Balaban J connectivity index is 2.72. The number of nitrogens with zero attached hydrogens (tertiary/aromatic N) is 1. The van der Waals surface area contributed by atoms with Crippen molar-refractivity contribution in [1.29, 1.82) is 0 Å². The number of benzene rings is 1. The van der Waals surface area contributed by atoms with E-state index in [0.29, 0.717) is 6.04 Å². The summed E-state index contributed by atoms with van der Waals surface area (Å²) in [5.41, 5.74) is 1.98. The highest BCUT2D eigenvalue weighted by Crippen LogP contribution is 2.14. The fourth-order valence-electron chi connectivity index (χ4n) is 2.18. The van der Waals surface area contributed by atoms with Crippen molar-refractivity contribution in [3.8, 4) is 0 Å². The fourth-order valence-corrected chi connectivity index (χ4v) is 2.18. The van der Waals surface area contributed by atoms with Gasteiger partial charge in [-0.05, 0) is 31.9 Å². The van der Waals surface area contributed by atoms with E-state index in [1.54, 1.807) is 0 Å². The normalized spacial score (nSPS) is 12.2. The van der Waals surface area contributed by atoms with Gasteiger partial charge in [-0.2, -0.15) is 0 Å². The van der Waals surface area contributed by atoms with E-state index < -0.39 is 0 Å². The summed E-state index contributed by atoms with van der Waals surface area (Å²) in [6, 6.07) is 8.18. The molecule has 0 aromatic heterocycles. The molecule has 0 aliphatic heterocycles. The zero-order valence-corrected chi connectivity index (χ0v) is 12.1. The van der Waals surface area contributed by atoms with Gasteiger partial charge in [0, 0.05) is 18.7 Å². The van der Waals surface area contributed by atoms with E-state index in [1.165, 1.54) is 18.4 Å². The first-order chi connectivity index (χ1) is 8.60. The van der Waals surface area contributed by atoms with Crippen molar-refractivity contribution in [3.05, 3.63) is 35.4 Å². The van der Waals surface area contributed by atoms with Crippen molar-refractivity contribution in [2.75, 3.05) is 7.05 Å². The van der Waals surface area contributed by atoms with Crippen molar-refractivity contribution >= 4 is 5.91 Å². The molecule has 0 bridgehead atoms. The number of hydrogen-bond acceptors (Lipinski definition) is 1. The number of aryl methyl sites for hydroxylation is 1. The van der Waals surface area contributed by atoms with Crippen molar-refractivity contribution in [1.82, 2.24) is 4.90 Å². The Labute approximate surface area is 111 Å². The lowest BCUT2D eigenvalue weighted by Gasteiger charge is -2.27. The zero-order chi connectivity index (χ0) is 13.5. The van der Waals surface area contributed by atoms with Crippen LogP contribution in [-0.2, 0) is 0 Å². The van der Waals surface area contributed by atoms with Gasteiger partial charge in [0.25, 0.3) is 5.91 Å². The summed E-state index contributed by atoms with van der Waals surface area (Å²) in [7, 11) is 1.92. The van der Waals surface area contributed by atoms with Gasteiger partial charge in [-0.15, -0.1) is 0 Å². The molecule has 1 unspecified atom stereocenters. The van der Waals surface area contributed by atoms with Crippen LogP contribution in [0.3, 0.4) is 0 Å². The number of carbonyl (C=O) groups is 1. The van der Waals surface area contributed by atoms with E-state index >= 15 is 0 Å². The molecule has 0 aliphatic rings. The summed E-state index contributed by atoms with van der Waals surface area (Å²) in [4.78, 5) is 14.2. The molecule has 1 atom stereocenters. The average molecular weight is 247 g/mol. The second kappa shape index (κ2) is 7.20. The van der Waals surface area contributed by atoms with Crippen LogP contribution in [0.4, 0.5) is 0 Å². The van der Waals surface area contributed by atoms with Gasteiger partial charge in [0.1, 0.15) is 0 Å². The topological polar surface area (TPSA) is 20.3 Å². The predicted octanol–water partition coefficient (Wildman–Crippen LogP) is 4.04. The quantitative estimate of drug-likeness (QED) is 0.743. The molecule has 2 nitrogen and oxygen atoms in total. The third kappa shape index (κ3) is 3.86. The van der Waals surface area contributed by atoms with Crippen LogP contribution < -0.4 is 0 Å². The highest BCUT2D eigenvalue weighted by atomic mass is 16.2. The summed E-state index contributed by atoms with van der Waals surface area (Å²) in [5, 5.41) is 0. The molecule has 0 heterocycles. The van der Waals surface area contributed by atoms with Crippen LogP contribution >= 0.6 is 0 Å². The van der Waals surface area contributed by atoms with Crippen LogP contribution in [0.15, 0.2) is 24.3 Å². The molecule has 0 saturated carbocycles. The molecule has 0 aliphatic carbocycles. The Morgan fingerprint density at radius 1 is 1.22 bits per heavy atom. The lowest BCUT2D eigenvalue weighted by Crippen LogP contribution is -2.36. The average Bonchev–Trinajstić information content (AvgIpc) is 2.39. The van der Waals surface area contributed by atoms with E-state index in [4.69, 9.17) is 0 Å². The second-order valence-corrected chi connectivity index (χ2v) is 4.99. The molecule has 100 valence electrons. The molecular weight excluding hydrogens is 222 g/mol. The van der Waals surface area contributed by atoms with Gasteiger partial charge < -0.3 is 4.90 Å². The molecule has 1 aromatic carbocycles. The lowest BCUT2D eigenvalue weighted by molar-refractivity contribution is 0.0718. The Morgan fingerprint density at radius 3 is 2.33 bits per heavy atom. The molecule has 18 heavy (non-hydrogen) atoms. The van der Waals surface area contributed by atoms with Gasteiger partial charge in [-0.1, -0.05) is 44.4 Å². The molecule has 1 rings (SSSR count). The minimum Gasteiger partial charge on any atom is -0.339 e. The van der Waals surface area contributed by atoms with Crippen molar-refractivity contribution in [2.45, 2.75) is 52.5 Å². The summed E-state index contributed by atoms with van der Waals surface area (Å²) >= 11 is 0. The van der Waals surface area contributed by atoms with Gasteiger partial charge in [0.2, 0.25) is 0 Å². The minimum absolute atomic E-state index is 0.137. The Hall–Kier alpha value is -1.31. The molecule has 0 fully saturated rings. The van der Waals surface area contributed by atoms with Crippen LogP contribution in [0.25, 0.3) is 0 Å². The Morgan fingerprint density at radius 2 is 1.83 bits per heavy atom. The van der Waals surface area contributed by atoms with Crippen LogP contribution in [0.2, 0.25) is 0 Å². The first-order valence-electron chi connectivity index (χ1n) is 6.94. The molecule has 1 amide bonds. The molecule has 2 heteroatoms. The Bertz CT molecular complexity index is 369. The standard InChI is InChI=1S/C16H25NO/c1-5-7-8-15(6-2)17(4)16(18)14-11-9-13(3)10-12-14/h9-12,15H,5-8H2,1-4H3. The van der Waals surface area contributed by atoms with Crippen molar-refractivity contribution < 1.29 is 4.79 Å². The first-order valence-corrected chi connectivity index (χ1v) is 6.94. The fraction of sp³-hybridized carbons (Fsp3) is 0.562. The molecule has 1 aromatic rings. The van der Waals surface area contributed by atoms with Gasteiger partial charge in [0.05, 0.1) is 0 Å². The highest BCUT2D eigenvalue weighted by Gasteiger charge is 2.18. The first kappa shape index (κ1) is 14.7. The number of unbranched alkanes of at least 4 members (excludes halogenated alkanes) is 1. The minimum atomic E-state index is 0.137. The van der Waals surface area contributed by atoms with Crippen LogP contribution in [-0.4, -0.2) is 23.9 Å². The van der Waals surface area contributed by atoms with E-state index in [1.807, 2.05) is 43.1 Å². The summed E-state index contributed by atoms with van der Waals surface area (Å²) < 4.78 is 0. The molecule has 0 saturated heterocycles. The molecule has 0 spiro atoms. The zero-order valence-electron chi connectivity index (χ0n) is 12.1. The van der Waals surface area contributed by atoms with Crippen molar-refractivity contribution in [3.63, 3.8) is 0 Å². The summed E-state index contributed by atoms with van der Waals surface area (Å²) in [6.07, 6.45) is 4.49. The number of carbonyl (C=O) groups excluding carboxylic acids is 1. The third-order valence-corrected chi connectivity index (χ3v) is 3.53. The summed E-state index contributed by atoms with van der Waals surface area (Å²) in [6.45, 7) is 6.38. The summed E-state index contributed by atoms with van der Waals surface area (Å²) in [5.74, 6) is 0.137. The van der Waals surface area contributed by atoms with Crippen LogP contribution in [0, 0.1) is 6.92 Å². The van der Waals surface area contributed by atoms with E-state index in [0.717, 1.165) is 18.4 Å². The van der Waals surface area contributed by atoms with Crippen molar-refractivity contribution in [2.24, 2.45) is 0 Å². The van der Waals surface area contributed by atoms with Gasteiger partial charge in [0.15, 0.2) is 0 Å². The van der Waals surface area contributed by atoms with Gasteiger partial charge in [-0.3, -0.25) is 4.79 Å². The smallest absolute Gasteiger partial charge is 0.253 e. The maximum Gasteiger partial charge on any atom is 0.253 e. The maximum atomic E-state index is 12.3. The highest BCUT2D eigenvalue weighted by molar-refractivity contribution is 5.94. The van der Waals surface area contributed by atoms with Crippen LogP contribution in [0.5, 0.6) is 0 Å². The SMILES string of the molecule is CCCCC(CC)N(C)C(=O)c1ccc(C)cc1. The number of hydrogen-bond donors (Lipinski definition) is 0. The van der Waals surface area contributed by atoms with Crippen LogP contribution in [0.1, 0.15) is 55.5 Å². The monoisotopic (exact) mass is 247 g/mol. The number of rotatable bonds is 6. The Kier molecular flexibility index (Phi) is 5.90. The van der Waals surface area contributed by atoms with Gasteiger partial charge in [-0.25, -0.2) is 0 Å².